The molecule has 4 heteroatoms. The minimum atomic E-state index is -0.826. The van der Waals surface area contributed by atoms with Crippen molar-refractivity contribution < 1.29 is 17.9 Å². The third-order valence-corrected chi connectivity index (χ3v) is 4.75. The molecule has 3 aromatic carbocycles. The molecule has 0 aliphatic heterocycles. The van der Waals surface area contributed by atoms with E-state index in [0.717, 1.165) is 24.0 Å². The van der Waals surface area contributed by atoms with Crippen LogP contribution in [0.1, 0.15) is 37.0 Å². The molecule has 0 spiro atoms. The lowest BCUT2D eigenvalue weighted by molar-refractivity contribution is 0.290. The molecule has 0 unspecified atom stereocenters. The molecule has 0 radical (unpaired) electrons. The first-order valence-corrected chi connectivity index (χ1v) is 9.50. The minimum Gasteiger partial charge on any atom is -0.486 e. The van der Waals surface area contributed by atoms with Crippen molar-refractivity contribution >= 4 is 0 Å². The standard InChI is InChI=1S/C24H23F3O/c1-3-5-19-11-12-20(24(27)23(19)26)18-9-6-17(7-10-18)15-28-22-13-8-16(4-2)14-21(22)25/h6-14H,3-5,15H2,1-2H3. The molecule has 0 amide bonds. The smallest absolute Gasteiger partial charge is 0.166 e. The second-order valence-electron chi connectivity index (χ2n) is 6.75. The molecule has 0 saturated carbocycles. The molecular weight excluding hydrogens is 361 g/mol. The zero-order chi connectivity index (χ0) is 20.1. The van der Waals surface area contributed by atoms with E-state index in [2.05, 4.69) is 0 Å². The van der Waals surface area contributed by atoms with Crippen molar-refractivity contribution in [3.05, 3.63) is 88.7 Å². The summed E-state index contributed by atoms with van der Waals surface area (Å²) >= 11 is 0. The van der Waals surface area contributed by atoms with E-state index in [9.17, 15) is 13.2 Å². The number of aryl methyl sites for hydroxylation is 2. The second kappa shape index (κ2) is 8.96. The summed E-state index contributed by atoms with van der Waals surface area (Å²) in [5.41, 5.74) is 2.93. The fourth-order valence-corrected chi connectivity index (χ4v) is 3.10. The van der Waals surface area contributed by atoms with E-state index >= 15 is 0 Å². The van der Waals surface area contributed by atoms with Crippen molar-refractivity contribution in [3.8, 4) is 16.9 Å². The van der Waals surface area contributed by atoms with Gasteiger partial charge >= 0.3 is 0 Å². The average molecular weight is 384 g/mol. The Hall–Kier alpha value is -2.75. The molecule has 0 aromatic heterocycles. The molecule has 28 heavy (non-hydrogen) atoms. The second-order valence-corrected chi connectivity index (χ2v) is 6.75. The van der Waals surface area contributed by atoms with Crippen molar-refractivity contribution in [1.29, 1.82) is 0 Å². The monoisotopic (exact) mass is 384 g/mol. The Kier molecular flexibility index (Phi) is 6.40. The van der Waals surface area contributed by atoms with E-state index in [1.54, 1.807) is 42.5 Å². The van der Waals surface area contributed by atoms with Crippen LogP contribution in [0.25, 0.3) is 11.1 Å². The van der Waals surface area contributed by atoms with Crippen molar-refractivity contribution in [3.63, 3.8) is 0 Å². The molecule has 1 nitrogen and oxygen atoms in total. The van der Waals surface area contributed by atoms with Crippen LogP contribution in [0.2, 0.25) is 0 Å². The van der Waals surface area contributed by atoms with Gasteiger partial charge in [-0.1, -0.05) is 62.7 Å². The molecule has 0 fully saturated rings. The summed E-state index contributed by atoms with van der Waals surface area (Å²) in [4.78, 5) is 0. The highest BCUT2D eigenvalue weighted by Crippen LogP contribution is 2.28. The van der Waals surface area contributed by atoms with Crippen LogP contribution in [-0.2, 0) is 19.4 Å². The van der Waals surface area contributed by atoms with E-state index in [4.69, 9.17) is 4.74 Å². The molecular formula is C24H23F3O. The third-order valence-electron chi connectivity index (χ3n) is 4.75. The zero-order valence-electron chi connectivity index (χ0n) is 16.1. The maximum atomic E-state index is 14.4. The van der Waals surface area contributed by atoms with Gasteiger partial charge in [0.1, 0.15) is 6.61 Å². The molecule has 3 aromatic rings. The lowest BCUT2D eigenvalue weighted by Crippen LogP contribution is -1.99. The van der Waals surface area contributed by atoms with Crippen LogP contribution in [0.5, 0.6) is 5.75 Å². The van der Waals surface area contributed by atoms with Crippen LogP contribution in [0.15, 0.2) is 54.6 Å². The largest absolute Gasteiger partial charge is 0.486 e. The highest BCUT2D eigenvalue weighted by atomic mass is 19.2. The summed E-state index contributed by atoms with van der Waals surface area (Å²) in [5.74, 6) is -1.80. The fourth-order valence-electron chi connectivity index (χ4n) is 3.10. The van der Waals surface area contributed by atoms with Crippen LogP contribution in [0.3, 0.4) is 0 Å². The predicted octanol–water partition coefficient (Wildman–Crippen LogP) is 6.86. The Morgan fingerprint density at radius 2 is 1.50 bits per heavy atom. The van der Waals surface area contributed by atoms with E-state index in [0.29, 0.717) is 17.5 Å². The summed E-state index contributed by atoms with van der Waals surface area (Å²) in [6.45, 7) is 4.08. The van der Waals surface area contributed by atoms with Gasteiger partial charge in [-0.2, -0.15) is 0 Å². The molecule has 3 rings (SSSR count). The van der Waals surface area contributed by atoms with Crippen LogP contribution >= 0.6 is 0 Å². The maximum absolute atomic E-state index is 14.4. The lowest BCUT2D eigenvalue weighted by Gasteiger charge is -2.10. The third kappa shape index (κ3) is 4.38. The van der Waals surface area contributed by atoms with Gasteiger partial charge in [0, 0.05) is 5.56 Å². The van der Waals surface area contributed by atoms with Crippen molar-refractivity contribution in [2.45, 2.75) is 39.7 Å². The van der Waals surface area contributed by atoms with Gasteiger partial charge in [0.15, 0.2) is 23.2 Å². The first-order chi connectivity index (χ1) is 13.5. The topological polar surface area (TPSA) is 9.23 Å². The Labute approximate surface area is 163 Å². The van der Waals surface area contributed by atoms with E-state index in [1.165, 1.54) is 6.07 Å². The highest BCUT2D eigenvalue weighted by molar-refractivity contribution is 5.65. The quantitative estimate of drug-likeness (QED) is 0.432. The van der Waals surface area contributed by atoms with Gasteiger partial charge in [-0.15, -0.1) is 0 Å². The summed E-state index contributed by atoms with van der Waals surface area (Å²) in [6, 6.07) is 15.1. The first-order valence-electron chi connectivity index (χ1n) is 9.50. The normalized spacial score (nSPS) is 10.9. The van der Waals surface area contributed by atoms with Crippen molar-refractivity contribution in [2.75, 3.05) is 0 Å². The van der Waals surface area contributed by atoms with Gasteiger partial charge < -0.3 is 4.74 Å². The SMILES string of the molecule is CCCc1ccc(-c2ccc(COc3ccc(CC)cc3F)cc2)c(F)c1F. The molecule has 0 heterocycles. The molecule has 146 valence electrons. The predicted molar refractivity (Wildman–Crippen MR) is 106 cm³/mol. The number of rotatable bonds is 7. The minimum absolute atomic E-state index is 0.189. The van der Waals surface area contributed by atoms with Crippen LogP contribution in [0, 0.1) is 17.5 Å². The van der Waals surface area contributed by atoms with E-state index in [1.807, 2.05) is 19.9 Å². The van der Waals surface area contributed by atoms with Crippen molar-refractivity contribution in [2.24, 2.45) is 0 Å². The maximum Gasteiger partial charge on any atom is 0.166 e. The number of halogens is 3. The van der Waals surface area contributed by atoms with Gasteiger partial charge in [0.2, 0.25) is 0 Å². The van der Waals surface area contributed by atoms with Gasteiger partial charge in [0.25, 0.3) is 0 Å². The molecule has 0 bridgehead atoms. The number of benzene rings is 3. The Balaban J connectivity index is 1.73. The summed E-state index contributed by atoms with van der Waals surface area (Å²) in [7, 11) is 0. The van der Waals surface area contributed by atoms with Crippen LogP contribution in [-0.4, -0.2) is 0 Å². The van der Waals surface area contributed by atoms with Crippen molar-refractivity contribution in [1.82, 2.24) is 0 Å². The fraction of sp³-hybridized carbons (Fsp3) is 0.250. The van der Waals surface area contributed by atoms with E-state index in [-0.39, 0.29) is 23.7 Å². The Morgan fingerprint density at radius 3 is 2.14 bits per heavy atom. The Morgan fingerprint density at radius 1 is 0.786 bits per heavy atom. The number of ether oxygens (including phenoxy) is 1. The van der Waals surface area contributed by atoms with E-state index < -0.39 is 11.6 Å². The van der Waals surface area contributed by atoms with Gasteiger partial charge in [-0.3, -0.25) is 0 Å². The van der Waals surface area contributed by atoms with Gasteiger partial charge in [-0.25, -0.2) is 13.2 Å². The zero-order valence-corrected chi connectivity index (χ0v) is 16.1. The summed E-state index contributed by atoms with van der Waals surface area (Å²) in [5, 5.41) is 0. The first kappa shape index (κ1) is 20.0. The Bertz CT molecular complexity index is 949. The molecule has 0 aliphatic carbocycles. The van der Waals surface area contributed by atoms with Crippen LogP contribution < -0.4 is 4.74 Å². The lowest BCUT2D eigenvalue weighted by atomic mass is 10.00. The molecule has 0 atom stereocenters. The molecule has 0 aliphatic rings. The van der Waals surface area contributed by atoms with Gasteiger partial charge in [0.05, 0.1) is 0 Å². The molecule has 0 saturated heterocycles. The summed E-state index contributed by atoms with van der Waals surface area (Å²) < 4.78 is 48.1. The number of hydrogen-bond donors (Lipinski definition) is 0. The summed E-state index contributed by atoms with van der Waals surface area (Å²) in [6.07, 6.45) is 2.02. The average Bonchev–Trinajstić information content (AvgIpc) is 2.71. The van der Waals surface area contributed by atoms with Gasteiger partial charge in [-0.05, 0) is 47.2 Å². The van der Waals surface area contributed by atoms with Crippen LogP contribution in [0.4, 0.5) is 13.2 Å². The highest BCUT2D eigenvalue weighted by Gasteiger charge is 2.14. The number of hydrogen-bond acceptors (Lipinski definition) is 1. The molecule has 0 N–H and O–H groups in total.